The van der Waals surface area contributed by atoms with Gasteiger partial charge in [0.1, 0.15) is 0 Å². The molecule has 1 saturated heterocycles. The molecule has 1 heterocycles. The number of rotatable bonds is 2. The van der Waals surface area contributed by atoms with Crippen molar-refractivity contribution < 1.29 is 9.53 Å². The van der Waals surface area contributed by atoms with Gasteiger partial charge < -0.3 is 4.74 Å². The first kappa shape index (κ1) is 12.1. The average molecular weight is 233 g/mol. The van der Waals surface area contributed by atoms with Crippen LogP contribution in [-0.2, 0) is 15.1 Å². The van der Waals surface area contributed by atoms with Crippen LogP contribution >= 0.6 is 0 Å². The summed E-state index contributed by atoms with van der Waals surface area (Å²) in [4.78, 5) is 13.6. The molecule has 3 heteroatoms. The molecule has 17 heavy (non-hydrogen) atoms. The first-order valence-electron chi connectivity index (χ1n) is 6.01. The Kier molecular flexibility index (Phi) is 3.20. The molecule has 1 fully saturated rings. The van der Waals surface area contributed by atoms with Crippen molar-refractivity contribution in [2.75, 3.05) is 13.6 Å². The lowest BCUT2D eigenvalue weighted by molar-refractivity contribution is -0.160. The predicted octanol–water partition coefficient (Wildman–Crippen LogP) is 2.17. The lowest BCUT2D eigenvalue weighted by Crippen LogP contribution is -2.42. The summed E-state index contributed by atoms with van der Waals surface area (Å²) < 4.78 is 5.69. The lowest BCUT2D eigenvalue weighted by Gasteiger charge is -2.34. The van der Waals surface area contributed by atoms with E-state index in [2.05, 4.69) is 18.9 Å². The number of hydrogen-bond acceptors (Lipinski definition) is 3. The van der Waals surface area contributed by atoms with Crippen LogP contribution in [0.2, 0.25) is 0 Å². The van der Waals surface area contributed by atoms with Gasteiger partial charge in [0.15, 0.2) is 5.60 Å². The Balaban J connectivity index is 2.41. The third-order valence-corrected chi connectivity index (χ3v) is 3.76. The summed E-state index contributed by atoms with van der Waals surface area (Å²) in [6, 6.07) is 10.2. The van der Waals surface area contributed by atoms with Crippen molar-refractivity contribution in [1.29, 1.82) is 0 Å². The molecule has 3 nitrogen and oxygen atoms in total. The molecule has 1 aliphatic rings. The van der Waals surface area contributed by atoms with E-state index in [-0.39, 0.29) is 12.0 Å². The summed E-state index contributed by atoms with van der Waals surface area (Å²) in [5.74, 6) is -0.212. The SMILES string of the molecule is CC(=O)O[C@]1(c2ccccc2)CCN(C)[C@H]1C. The van der Waals surface area contributed by atoms with Gasteiger partial charge in [-0.05, 0) is 19.5 Å². The number of carbonyl (C=O) groups is 1. The van der Waals surface area contributed by atoms with Crippen molar-refractivity contribution in [1.82, 2.24) is 4.90 Å². The number of esters is 1. The standard InChI is InChI=1S/C14H19NO2/c1-11-14(17-12(2)16,9-10-15(11)3)13-7-5-4-6-8-13/h4-8,11H,9-10H2,1-3H3/t11-,14+/m0/s1. The normalized spacial score (nSPS) is 29.2. The van der Waals surface area contributed by atoms with Crippen molar-refractivity contribution in [2.45, 2.75) is 31.9 Å². The molecule has 92 valence electrons. The van der Waals surface area contributed by atoms with E-state index in [9.17, 15) is 4.79 Å². The van der Waals surface area contributed by atoms with Gasteiger partial charge in [-0.1, -0.05) is 30.3 Å². The summed E-state index contributed by atoms with van der Waals surface area (Å²) in [6.07, 6.45) is 0.855. The highest BCUT2D eigenvalue weighted by atomic mass is 16.6. The van der Waals surface area contributed by atoms with Crippen LogP contribution in [0.15, 0.2) is 30.3 Å². The molecule has 0 amide bonds. The smallest absolute Gasteiger partial charge is 0.303 e. The van der Waals surface area contributed by atoms with Crippen molar-refractivity contribution in [2.24, 2.45) is 0 Å². The van der Waals surface area contributed by atoms with Gasteiger partial charge in [-0.25, -0.2) is 0 Å². The molecule has 0 aromatic heterocycles. The van der Waals surface area contributed by atoms with E-state index in [1.165, 1.54) is 6.92 Å². The van der Waals surface area contributed by atoms with Gasteiger partial charge in [0.2, 0.25) is 0 Å². The number of likely N-dealkylation sites (tertiary alicyclic amines) is 1. The van der Waals surface area contributed by atoms with Gasteiger partial charge in [0, 0.05) is 19.9 Å². The molecule has 1 aliphatic heterocycles. The zero-order valence-corrected chi connectivity index (χ0v) is 10.6. The Hall–Kier alpha value is -1.35. The molecular formula is C14H19NO2. The predicted molar refractivity (Wildman–Crippen MR) is 66.6 cm³/mol. The highest BCUT2D eigenvalue weighted by molar-refractivity contribution is 5.67. The van der Waals surface area contributed by atoms with Crippen molar-refractivity contribution >= 4 is 5.97 Å². The largest absolute Gasteiger partial charge is 0.453 e. The van der Waals surface area contributed by atoms with E-state index in [1.807, 2.05) is 30.3 Å². The number of ether oxygens (including phenoxy) is 1. The molecule has 2 atom stereocenters. The van der Waals surface area contributed by atoms with Crippen LogP contribution < -0.4 is 0 Å². The molecule has 0 bridgehead atoms. The minimum atomic E-state index is -0.484. The van der Waals surface area contributed by atoms with E-state index in [0.29, 0.717) is 0 Å². The van der Waals surface area contributed by atoms with E-state index in [1.54, 1.807) is 0 Å². The maximum Gasteiger partial charge on any atom is 0.303 e. The Morgan fingerprint density at radius 3 is 2.53 bits per heavy atom. The lowest BCUT2D eigenvalue weighted by atomic mass is 9.87. The zero-order chi connectivity index (χ0) is 12.5. The van der Waals surface area contributed by atoms with Crippen molar-refractivity contribution in [3.05, 3.63) is 35.9 Å². The van der Waals surface area contributed by atoms with Crippen LogP contribution in [0.1, 0.15) is 25.8 Å². The number of carbonyl (C=O) groups excluding carboxylic acids is 1. The van der Waals surface area contributed by atoms with Gasteiger partial charge in [0.25, 0.3) is 0 Å². The highest BCUT2D eigenvalue weighted by Crippen LogP contribution is 2.40. The summed E-state index contributed by atoms with van der Waals surface area (Å²) >= 11 is 0. The summed E-state index contributed by atoms with van der Waals surface area (Å²) in [6.45, 7) is 4.54. The molecule has 2 rings (SSSR count). The minimum absolute atomic E-state index is 0.203. The third kappa shape index (κ3) is 2.07. The summed E-state index contributed by atoms with van der Waals surface area (Å²) in [5.41, 5.74) is 0.606. The molecule has 0 unspecified atom stereocenters. The third-order valence-electron chi connectivity index (χ3n) is 3.76. The monoisotopic (exact) mass is 233 g/mol. The minimum Gasteiger partial charge on any atom is -0.453 e. The Bertz CT molecular complexity index is 404. The van der Waals surface area contributed by atoms with Crippen LogP contribution in [0.5, 0.6) is 0 Å². The fourth-order valence-corrected chi connectivity index (χ4v) is 2.66. The van der Waals surface area contributed by atoms with Crippen LogP contribution in [0.4, 0.5) is 0 Å². The molecular weight excluding hydrogens is 214 g/mol. The topological polar surface area (TPSA) is 29.5 Å². The highest BCUT2D eigenvalue weighted by Gasteiger charge is 2.47. The second kappa shape index (κ2) is 4.49. The number of nitrogens with zero attached hydrogens (tertiary/aromatic N) is 1. The van der Waals surface area contributed by atoms with Crippen LogP contribution in [0, 0.1) is 0 Å². The van der Waals surface area contributed by atoms with E-state index >= 15 is 0 Å². The molecule has 0 spiro atoms. The Morgan fingerprint density at radius 2 is 2.06 bits per heavy atom. The maximum atomic E-state index is 11.4. The Labute approximate surface area is 102 Å². The molecule has 1 aromatic carbocycles. The first-order valence-corrected chi connectivity index (χ1v) is 6.01. The number of likely N-dealkylation sites (N-methyl/N-ethyl adjacent to an activating group) is 1. The average Bonchev–Trinajstić information content (AvgIpc) is 2.59. The van der Waals surface area contributed by atoms with E-state index < -0.39 is 5.60 Å². The summed E-state index contributed by atoms with van der Waals surface area (Å²) in [7, 11) is 2.07. The summed E-state index contributed by atoms with van der Waals surface area (Å²) in [5, 5.41) is 0. The van der Waals surface area contributed by atoms with E-state index in [4.69, 9.17) is 4.74 Å². The fraction of sp³-hybridized carbons (Fsp3) is 0.500. The van der Waals surface area contributed by atoms with Gasteiger partial charge >= 0.3 is 5.97 Å². The van der Waals surface area contributed by atoms with Crippen LogP contribution in [-0.4, -0.2) is 30.5 Å². The molecule has 0 aliphatic carbocycles. The first-order chi connectivity index (χ1) is 8.06. The van der Waals surface area contributed by atoms with Crippen molar-refractivity contribution in [3.63, 3.8) is 0 Å². The molecule has 0 saturated carbocycles. The zero-order valence-electron chi connectivity index (χ0n) is 10.6. The number of hydrogen-bond donors (Lipinski definition) is 0. The fourth-order valence-electron chi connectivity index (χ4n) is 2.66. The van der Waals surface area contributed by atoms with Crippen LogP contribution in [0.25, 0.3) is 0 Å². The molecule has 0 N–H and O–H groups in total. The Morgan fingerprint density at radius 1 is 1.41 bits per heavy atom. The van der Waals surface area contributed by atoms with Crippen molar-refractivity contribution in [3.8, 4) is 0 Å². The second-order valence-electron chi connectivity index (χ2n) is 4.76. The van der Waals surface area contributed by atoms with Crippen LogP contribution in [0.3, 0.4) is 0 Å². The van der Waals surface area contributed by atoms with Gasteiger partial charge in [-0.15, -0.1) is 0 Å². The van der Waals surface area contributed by atoms with Gasteiger partial charge in [0.05, 0.1) is 6.04 Å². The second-order valence-corrected chi connectivity index (χ2v) is 4.76. The maximum absolute atomic E-state index is 11.4. The molecule has 0 radical (unpaired) electrons. The molecule has 1 aromatic rings. The quantitative estimate of drug-likeness (QED) is 0.733. The number of benzene rings is 1. The van der Waals surface area contributed by atoms with Gasteiger partial charge in [-0.3, -0.25) is 9.69 Å². The van der Waals surface area contributed by atoms with E-state index in [0.717, 1.165) is 18.5 Å². The van der Waals surface area contributed by atoms with Gasteiger partial charge in [-0.2, -0.15) is 0 Å².